The lowest BCUT2D eigenvalue weighted by Gasteiger charge is -2.41. The topological polar surface area (TPSA) is 89.0 Å². The maximum Gasteiger partial charge on any atom is 0.164 e. The second-order valence-corrected chi connectivity index (χ2v) is 19.0. The predicted molar refractivity (Wildman–Crippen MR) is 309 cm³/mol. The predicted octanol–water partition coefficient (Wildman–Crippen LogP) is 18.3. The summed E-state index contributed by atoms with van der Waals surface area (Å²) in [7, 11) is 0. The molecule has 0 radical (unpaired) electrons. The highest BCUT2D eigenvalue weighted by molar-refractivity contribution is 6.11. The van der Waals surface area contributed by atoms with Crippen molar-refractivity contribution in [1.29, 1.82) is 0 Å². The van der Waals surface area contributed by atoms with Crippen LogP contribution in [0.1, 0.15) is 0 Å². The number of para-hydroxylation sites is 12. The molecule has 12 aromatic rings. The van der Waals surface area contributed by atoms with E-state index in [0.717, 1.165) is 84.6 Å². The van der Waals surface area contributed by atoms with Gasteiger partial charge in [0.2, 0.25) is 0 Å². The maximum atomic E-state index is 6.81. The first-order chi connectivity index (χ1) is 38.7. The largest absolute Gasteiger partial charge is 0.453 e. The maximum absolute atomic E-state index is 6.81. The van der Waals surface area contributed by atoms with E-state index in [-0.39, 0.29) is 0 Å². The first-order valence-electron chi connectivity index (χ1n) is 25.8. The zero-order valence-electron chi connectivity index (χ0n) is 41.7. The Kier molecular flexibility index (Phi) is 10.6. The highest BCUT2D eigenvalue weighted by Crippen LogP contribution is 2.63. The van der Waals surface area contributed by atoms with Crippen LogP contribution in [0.25, 0.3) is 56.5 Å². The van der Waals surface area contributed by atoms with E-state index in [1.54, 1.807) is 0 Å². The second kappa shape index (κ2) is 18.5. The van der Waals surface area contributed by atoms with Crippen molar-refractivity contribution >= 4 is 51.3 Å². The van der Waals surface area contributed by atoms with Crippen LogP contribution in [0.4, 0.5) is 51.3 Å². The van der Waals surface area contributed by atoms with Gasteiger partial charge in [0.25, 0.3) is 0 Å². The number of nitrogens with zero attached hydrogens (tertiary/aromatic N) is 7. The van der Waals surface area contributed by atoms with Crippen molar-refractivity contribution in [2.45, 2.75) is 0 Å². The molecule has 0 bridgehead atoms. The van der Waals surface area contributed by atoms with Crippen molar-refractivity contribution in [1.82, 2.24) is 19.9 Å². The average Bonchev–Trinajstić information content (AvgIpc) is 3.70. The molecule has 368 valence electrons. The molecule has 3 aliphatic rings. The van der Waals surface area contributed by atoms with Gasteiger partial charge in [-0.05, 0) is 78.4 Å². The van der Waals surface area contributed by atoms with E-state index in [0.29, 0.717) is 57.8 Å². The SMILES string of the molecule is c1ccc(-c2nc(-c3ccccc3)nc(-c3ccc(-c4c(N5c6ccccc6Oc6ccccc65)c(-c5ccccc5)nc(N5c6ccccc6Oc6ccccc65)c4N4c5ccccc5Oc5ccccc54)cc3)n2)cc1. The number of aromatic nitrogens is 4. The molecule has 0 fully saturated rings. The Bertz CT molecular complexity index is 4080. The zero-order chi connectivity index (χ0) is 51.5. The first-order valence-corrected chi connectivity index (χ1v) is 25.8. The highest BCUT2D eigenvalue weighted by atomic mass is 16.5. The molecule has 0 atom stereocenters. The molecule has 0 amide bonds. The van der Waals surface area contributed by atoms with Gasteiger partial charge in [-0.3, -0.25) is 9.80 Å². The number of rotatable bonds is 8. The molecule has 0 saturated carbocycles. The molecule has 0 saturated heterocycles. The zero-order valence-corrected chi connectivity index (χ0v) is 41.7. The molecule has 2 aromatic heterocycles. The lowest BCUT2D eigenvalue weighted by molar-refractivity contribution is 0.475. The van der Waals surface area contributed by atoms with Gasteiger partial charge >= 0.3 is 0 Å². The Hall–Kier alpha value is -10.8. The van der Waals surface area contributed by atoms with Crippen molar-refractivity contribution in [2.75, 3.05) is 14.7 Å². The third kappa shape index (κ3) is 7.50. The van der Waals surface area contributed by atoms with Crippen LogP contribution < -0.4 is 28.9 Å². The molecule has 10 aromatic carbocycles. The standard InChI is InChI=1S/C68H43N7O3/c1-4-22-45(23-5-1)62-63(73-49-28-10-16-34-55(49)76-56-35-17-11-29-50(56)73)61(44-40-42-48(43-41-44)67-71-65(46-24-6-2-7-25-46)70-66(72-67)47-26-8-3-9-27-47)64(74-51-30-12-18-36-57(51)77-58-37-19-13-31-52(58)74)68(69-62)75-53-32-14-20-38-59(53)78-60-39-21-15-33-54(60)75/h1-43H. The van der Waals surface area contributed by atoms with E-state index < -0.39 is 0 Å². The molecule has 0 N–H and O–H groups in total. The summed E-state index contributed by atoms with van der Waals surface area (Å²) in [6, 6.07) is 88.3. The molecule has 0 aliphatic carbocycles. The minimum atomic E-state index is 0.545. The summed E-state index contributed by atoms with van der Waals surface area (Å²) >= 11 is 0. The summed E-state index contributed by atoms with van der Waals surface area (Å²) in [5.41, 5.74) is 12.6. The van der Waals surface area contributed by atoms with E-state index in [4.69, 9.17) is 34.1 Å². The molecule has 10 nitrogen and oxygen atoms in total. The van der Waals surface area contributed by atoms with Gasteiger partial charge in [-0.1, -0.05) is 188 Å². The lowest BCUT2D eigenvalue weighted by Crippen LogP contribution is -2.25. The van der Waals surface area contributed by atoms with Crippen LogP contribution in [0.2, 0.25) is 0 Å². The monoisotopic (exact) mass is 1010 g/mol. The summed E-state index contributed by atoms with van der Waals surface area (Å²) in [5, 5.41) is 0. The van der Waals surface area contributed by atoms with Crippen molar-refractivity contribution in [3.63, 3.8) is 0 Å². The fourth-order valence-electron chi connectivity index (χ4n) is 10.8. The van der Waals surface area contributed by atoms with Gasteiger partial charge < -0.3 is 19.1 Å². The van der Waals surface area contributed by atoms with Crippen molar-refractivity contribution in [3.8, 4) is 91.0 Å². The molecule has 0 unspecified atom stereocenters. The van der Waals surface area contributed by atoms with Crippen LogP contribution in [0.5, 0.6) is 34.5 Å². The Morgan fingerprint density at radius 3 is 0.885 bits per heavy atom. The Morgan fingerprint density at radius 2 is 0.513 bits per heavy atom. The van der Waals surface area contributed by atoms with E-state index in [2.05, 4.69) is 124 Å². The Morgan fingerprint density at radius 1 is 0.231 bits per heavy atom. The number of hydrogen-bond donors (Lipinski definition) is 0. The van der Waals surface area contributed by atoms with Crippen LogP contribution in [-0.4, -0.2) is 19.9 Å². The fourth-order valence-corrected chi connectivity index (χ4v) is 10.8. The number of benzene rings is 10. The van der Waals surface area contributed by atoms with Crippen LogP contribution in [0.3, 0.4) is 0 Å². The van der Waals surface area contributed by atoms with Crippen molar-refractivity contribution in [3.05, 3.63) is 261 Å². The average molecular weight is 1010 g/mol. The molecule has 5 heterocycles. The quantitative estimate of drug-likeness (QED) is 0.147. The van der Waals surface area contributed by atoms with E-state index in [1.165, 1.54) is 0 Å². The molecule has 15 rings (SSSR count). The number of hydrogen-bond acceptors (Lipinski definition) is 10. The summed E-state index contributed by atoms with van der Waals surface area (Å²) in [5.74, 6) is 6.56. The second-order valence-electron chi connectivity index (χ2n) is 19.0. The Balaban J connectivity index is 1.10. The minimum Gasteiger partial charge on any atom is -0.453 e. The summed E-state index contributed by atoms with van der Waals surface area (Å²) < 4.78 is 20.3. The molecule has 10 heteroatoms. The highest BCUT2D eigenvalue weighted by Gasteiger charge is 2.40. The van der Waals surface area contributed by atoms with Gasteiger partial charge in [0.05, 0.1) is 45.5 Å². The summed E-state index contributed by atoms with van der Waals surface area (Å²) in [6.45, 7) is 0. The van der Waals surface area contributed by atoms with Gasteiger partial charge in [0, 0.05) is 27.8 Å². The van der Waals surface area contributed by atoms with Crippen molar-refractivity contribution in [2.24, 2.45) is 0 Å². The Labute approximate surface area is 450 Å². The van der Waals surface area contributed by atoms with E-state index in [1.807, 2.05) is 152 Å². The fraction of sp³-hybridized carbons (Fsp3) is 0. The first kappa shape index (κ1) is 44.6. The molecule has 3 aliphatic heterocycles. The van der Waals surface area contributed by atoms with Crippen LogP contribution in [0, 0.1) is 0 Å². The molecular weight excluding hydrogens is 963 g/mol. The summed E-state index contributed by atoms with van der Waals surface area (Å²) in [6.07, 6.45) is 0. The van der Waals surface area contributed by atoms with E-state index >= 15 is 0 Å². The van der Waals surface area contributed by atoms with Gasteiger partial charge in [-0.2, -0.15) is 0 Å². The lowest BCUT2D eigenvalue weighted by atomic mass is 9.93. The number of ether oxygens (including phenoxy) is 3. The number of fused-ring (bicyclic) bond motifs is 6. The molecule has 78 heavy (non-hydrogen) atoms. The smallest absolute Gasteiger partial charge is 0.164 e. The third-order valence-electron chi connectivity index (χ3n) is 14.3. The van der Waals surface area contributed by atoms with Crippen molar-refractivity contribution < 1.29 is 14.2 Å². The number of pyridine rings is 1. The normalized spacial score (nSPS) is 12.6. The van der Waals surface area contributed by atoms with Gasteiger partial charge in [-0.15, -0.1) is 0 Å². The van der Waals surface area contributed by atoms with Gasteiger partial charge in [0.15, 0.2) is 57.8 Å². The third-order valence-corrected chi connectivity index (χ3v) is 14.3. The van der Waals surface area contributed by atoms with Crippen LogP contribution in [0.15, 0.2) is 261 Å². The molecular formula is C68H43N7O3. The van der Waals surface area contributed by atoms with E-state index in [9.17, 15) is 0 Å². The van der Waals surface area contributed by atoms with Crippen LogP contribution in [-0.2, 0) is 0 Å². The van der Waals surface area contributed by atoms with Crippen LogP contribution >= 0.6 is 0 Å². The number of anilines is 9. The summed E-state index contributed by atoms with van der Waals surface area (Å²) in [4.78, 5) is 28.3. The van der Waals surface area contributed by atoms with Gasteiger partial charge in [0.1, 0.15) is 5.69 Å². The van der Waals surface area contributed by atoms with Gasteiger partial charge in [-0.25, -0.2) is 19.9 Å². The minimum absolute atomic E-state index is 0.545. The molecule has 0 spiro atoms.